The summed E-state index contributed by atoms with van der Waals surface area (Å²) in [5.41, 5.74) is 2.81. The van der Waals surface area contributed by atoms with Crippen LogP contribution in [0.3, 0.4) is 0 Å². The third kappa shape index (κ3) is 1.92. The standard InChI is InChI=1S/C13H10N4/c1-2-4-10(5-3-1)11-6-8-14-13(16-11)12-7-9-15-17-12/h1-9H,(H,15,17). The first kappa shape index (κ1) is 9.72. The predicted molar refractivity (Wildman–Crippen MR) is 65.0 cm³/mol. The van der Waals surface area contributed by atoms with Crippen molar-refractivity contribution >= 4 is 0 Å². The lowest BCUT2D eigenvalue weighted by molar-refractivity contribution is 1.06. The summed E-state index contributed by atoms with van der Waals surface area (Å²) in [6.45, 7) is 0. The average molecular weight is 222 g/mol. The molecule has 4 nitrogen and oxygen atoms in total. The van der Waals surface area contributed by atoms with Crippen LogP contribution in [0.15, 0.2) is 54.9 Å². The summed E-state index contributed by atoms with van der Waals surface area (Å²) in [6, 6.07) is 13.8. The highest BCUT2D eigenvalue weighted by atomic mass is 15.1. The number of hydrogen-bond donors (Lipinski definition) is 1. The van der Waals surface area contributed by atoms with Crippen LogP contribution >= 0.6 is 0 Å². The maximum absolute atomic E-state index is 4.50. The fraction of sp³-hybridized carbons (Fsp3) is 0. The van der Waals surface area contributed by atoms with Gasteiger partial charge in [0.2, 0.25) is 0 Å². The molecule has 3 rings (SSSR count). The van der Waals surface area contributed by atoms with Gasteiger partial charge in [0.15, 0.2) is 5.82 Å². The van der Waals surface area contributed by atoms with Crippen LogP contribution in [-0.4, -0.2) is 20.2 Å². The second-order valence-electron chi connectivity index (χ2n) is 3.60. The molecule has 0 saturated carbocycles. The molecule has 0 spiro atoms. The molecule has 1 aromatic carbocycles. The highest BCUT2D eigenvalue weighted by molar-refractivity contribution is 5.61. The number of nitrogens with zero attached hydrogens (tertiary/aromatic N) is 3. The van der Waals surface area contributed by atoms with Gasteiger partial charge in [-0.3, -0.25) is 5.10 Å². The Morgan fingerprint density at radius 3 is 2.53 bits per heavy atom. The van der Waals surface area contributed by atoms with Crippen molar-refractivity contribution in [2.24, 2.45) is 0 Å². The van der Waals surface area contributed by atoms with Gasteiger partial charge in [-0.15, -0.1) is 0 Å². The molecule has 0 aliphatic heterocycles. The molecular formula is C13H10N4. The molecule has 3 aromatic rings. The molecule has 4 heteroatoms. The van der Waals surface area contributed by atoms with E-state index < -0.39 is 0 Å². The van der Waals surface area contributed by atoms with Crippen molar-refractivity contribution in [1.29, 1.82) is 0 Å². The van der Waals surface area contributed by atoms with E-state index in [1.807, 2.05) is 42.5 Å². The zero-order valence-electron chi connectivity index (χ0n) is 9.04. The van der Waals surface area contributed by atoms with Gasteiger partial charge in [-0.05, 0) is 12.1 Å². The van der Waals surface area contributed by atoms with E-state index in [4.69, 9.17) is 0 Å². The monoisotopic (exact) mass is 222 g/mol. The number of H-pyrrole nitrogens is 1. The maximum atomic E-state index is 4.50. The van der Waals surface area contributed by atoms with Gasteiger partial charge in [0.05, 0.1) is 5.69 Å². The first-order valence-electron chi connectivity index (χ1n) is 5.32. The second kappa shape index (κ2) is 4.17. The van der Waals surface area contributed by atoms with Gasteiger partial charge >= 0.3 is 0 Å². The molecule has 0 aliphatic carbocycles. The van der Waals surface area contributed by atoms with Crippen LogP contribution < -0.4 is 0 Å². The highest BCUT2D eigenvalue weighted by Gasteiger charge is 2.04. The number of aromatic nitrogens is 4. The molecule has 0 saturated heterocycles. The third-order valence-electron chi connectivity index (χ3n) is 2.47. The maximum Gasteiger partial charge on any atom is 0.178 e. The SMILES string of the molecule is c1ccc(-c2ccnc(-c3ccn[nH]3)n2)cc1. The first-order chi connectivity index (χ1) is 8.43. The van der Waals surface area contributed by atoms with Crippen LogP contribution in [0, 0.1) is 0 Å². The van der Waals surface area contributed by atoms with E-state index in [1.165, 1.54) is 0 Å². The predicted octanol–water partition coefficient (Wildman–Crippen LogP) is 2.53. The fourth-order valence-corrected chi connectivity index (χ4v) is 1.64. The van der Waals surface area contributed by atoms with Crippen LogP contribution in [0.4, 0.5) is 0 Å². The van der Waals surface area contributed by atoms with E-state index in [0.717, 1.165) is 17.0 Å². The summed E-state index contributed by atoms with van der Waals surface area (Å²) < 4.78 is 0. The largest absolute Gasteiger partial charge is 0.275 e. The minimum absolute atomic E-state index is 0.656. The Kier molecular flexibility index (Phi) is 2.38. The van der Waals surface area contributed by atoms with E-state index in [9.17, 15) is 0 Å². The summed E-state index contributed by atoms with van der Waals surface area (Å²) in [6.07, 6.45) is 3.44. The zero-order chi connectivity index (χ0) is 11.5. The lowest BCUT2D eigenvalue weighted by Gasteiger charge is -2.01. The van der Waals surface area contributed by atoms with Gasteiger partial charge in [0, 0.05) is 18.0 Å². The van der Waals surface area contributed by atoms with Crippen molar-refractivity contribution < 1.29 is 0 Å². The zero-order valence-corrected chi connectivity index (χ0v) is 9.04. The van der Waals surface area contributed by atoms with Crippen LogP contribution in [-0.2, 0) is 0 Å². The van der Waals surface area contributed by atoms with E-state index in [0.29, 0.717) is 5.82 Å². The Bertz CT molecular complexity index is 602. The van der Waals surface area contributed by atoms with Crippen molar-refractivity contribution in [3.8, 4) is 22.8 Å². The molecule has 0 unspecified atom stereocenters. The molecule has 2 aromatic heterocycles. The Morgan fingerprint density at radius 2 is 1.76 bits per heavy atom. The normalized spacial score (nSPS) is 10.4. The Labute approximate surface area is 98.4 Å². The van der Waals surface area contributed by atoms with Crippen LogP contribution in [0.2, 0.25) is 0 Å². The molecule has 1 N–H and O–H groups in total. The van der Waals surface area contributed by atoms with Gasteiger partial charge in [-0.2, -0.15) is 5.10 Å². The van der Waals surface area contributed by atoms with Gasteiger partial charge in [0.25, 0.3) is 0 Å². The molecule has 0 amide bonds. The van der Waals surface area contributed by atoms with Crippen molar-refractivity contribution in [1.82, 2.24) is 20.2 Å². The molecule has 0 radical (unpaired) electrons. The minimum atomic E-state index is 0.656. The summed E-state index contributed by atoms with van der Waals surface area (Å²) in [5, 5.41) is 6.75. The van der Waals surface area contributed by atoms with Crippen molar-refractivity contribution in [3.05, 3.63) is 54.9 Å². The average Bonchev–Trinajstić information content (AvgIpc) is 2.94. The highest BCUT2D eigenvalue weighted by Crippen LogP contribution is 2.18. The minimum Gasteiger partial charge on any atom is -0.275 e. The number of hydrogen-bond acceptors (Lipinski definition) is 3. The second-order valence-corrected chi connectivity index (χ2v) is 3.60. The first-order valence-corrected chi connectivity index (χ1v) is 5.32. The molecule has 0 bridgehead atoms. The van der Waals surface area contributed by atoms with Crippen LogP contribution in [0.25, 0.3) is 22.8 Å². The lowest BCUT2D eigenvalue weighted by atomic mass is 10.1. The molecule has 0 aliphatic rings. The molecule has 0 atom stereocenters. The van der Waals surface area contributed by atoms with E-state index >= 15 is 0 Å². The van der Waals surface area contributed by atoms with Crippen molar-refractivity contribution in [2.45, 2.75) is 0 Å². The Balaban J connectivity index is 2.06. The lowest BCUT2D eigenvalue weighted by Crippen LogP contribution is -1.91. The summed E-state index contributed by atoms with van der Waals surface area (Å²) in [7, 11) is 0. The van der Waals surface area contributed by atoms with E-state index in [1.54, 1.807) is 12.4 Å². The molecule has 2 heterocycles. The van der Waals surface area contributed by atoms with Crippen LogP contribution in [0.5, 0.6) is 0 Å². The summed E-state index contributed by atoms with van der Waals surface area (Å²) in [4.78, 5) is 8.73. The topological polar surface area (TPSA) is 54.5 Å². The smallest absolute Gasteiger partial charge is 0.178 e. The van der Waals surface area contributed by atoms with E-state index in [-0.39, 0.29) is 0 Å². The number of rotatable bonds is 2. The summed E-state index contributed by atoms with van der Waals surface area (Å²) >= 11 is 0. The summed E-state index contributed by atoms with van der Waals surface area (Å²) in [5.74, 6) is 0.656. The fourth-order valence-electron chi connectivity index (χ4n) is 1.64. The molecule has 0 fully saturated rings. The van der Waals surface area contributed by atoms with Gasteiger partial charge in [-0.25, -0.2) is 9.97 Å². The van der Waals surface area contributed by atoms with Gasteiger partial charge in [0.1, 0.15) is 5.69 Å². The van der Waals surface area contributed by atoms with Gasteiger partial charge < -0.3 is 0 Å². The van der Waals surface area contributed by atoms with E-state index in [2.05, 4.69) is 20.2 Å². The third-order valence-corrected chi connectivity index (χ3v) is 2.47. The quantitative estimate of drug-likeness (QED) is 0.724. The van der Waals surface area contributed by atoms with Crippen molar-refractivity contribution in [3.63, 3.8) is 0 Å². The molecular weight excluding hydrogens is 212 g/mol. The van der Waals surface area contributed by atoms with Crippen LogP contribution in [0.1, 0.15) is 0 Å². The number of aromatic amines is 1. The molecule has 82 valence electrons. The number of nitrogens with one attached hydrogen (secondary N) is 1. The Morgan fingerprint density at radius 1 is 0.882 bits per heavy atom. The molecule has 17 heavy (non-hydrogen) atoms. The Hall–Kier alpha value is -2.49. The number of benzene rings is 1. The van der Waals surface area contributed by atoms with Crippen molar-refractivity contribution in [2.75, 3.05) is 0 Å². The van der Waals surface area contributed by atoms with Gasteiger partial charge in [-0.1, -0.05) is 30.3 Å².